The lowest BCUT2D eigenvalue weighted by molar-refractivity contribution is -0.123. The van der Waals surface area contributed by atoms with E-state index in [-0.39, 0.29) is 5.91 Å². The molecule has 0 aliphatic heterocycles. The van der Waals surface area contributed by atoms with Gasteiger partial charge in [0.25, 0.3) is 0 Å². The molecule has 6 aromatic rings. The zero-order valence-electron chi connectivity index (χ0n) is 20.3. The Morgan fingerprint density at radius 3 is 2.70 bits per heavy atom. The number of hydrogen-bond acceptors (Lipinski definition) is 6. The molecule has 0 aliphatic rings. The molecule has 0 fully saturated rings. The highest BCUT2D eigenvalue weighted by Gasteiger charge is 2.23. The lowest BCUT2D eigenvalue weighted by Crippen LogP contribution is -2.27. The maximum atomic E-state index is 16.0. The average Bonchev–Trinajstić information content (AvgIpc) is 3.63. The van der Waals surface area contributed by atoms with Crippen LogP contribution in [-0.2, 0) is 4.79 Å². The quantitative estimate of drug-likeness (QED) is 0.253. The van der Waals surface area contributed by atoms with Gasteiger partial charge in [-0.2, -0.15) is 16.4 Å². The second-order valence-electron chi connectivity index (χ2n) is 9.74. The summed E-state index contributed by atoms with van der Waals surface area (Å²) in [5.74, 6) is -0.175. The molecule has 0 spiro atoms. The fourth-order valence-electron chi connectivity index (χ4n) is 4.10. The van der Waals surface area contributed by atoms with Gasteiger partial charge in [-0.05, 0) is 35.7 Å². The van der Waals surface area contributed by atoms with Crippen molar-refractivity contribution in [1.82, 2.24) is 30.1 Å². The minimum atomic E-state index is -0.572. The number of hydrogen-bond donors (Lipinski definition) is 3. The number of thiophene rings is 1. The van der Waals surface area contributed by atoms with Crippen LogP contribution < -0.4 is 5.32 Å². The molecule has 0 bridgehead atoms. The van der Waals surface area contributed by atoms with E-state index >= 15 is 4.39 Å². The summed E-state index contributed by atoms with van der Waals surface area (Å²) < 4.78 is 16.0. The van der Waals surface area contributed by atoms with Gasteiger partial charge in [0.2, 0.25) is 5.91 Å². The van der Waals surface area contributed by atoms with Crippen LogP contribution in [0.2, 0.25) is 0 Å². The minimum absolute atomic E-state index is 0.152. The van der Waals surface area contributed by atoms with Gasteiger partial charge in [-0.1, -0.05) is 20.8 Å². The van der Waals surface area contributed by atoms with Gasteiger partial charge >= 0.3 is 0 Å². The Bertz CT molecular complexity index is 1780. The standard InChI is InChI=1S/C27H22FN7OS/c1-27(2,3)26(36)31-16-10-15(11-29-12-16)17-4-5-18-20(21(17)28)24(35-34-18)25-32-19-6-8-30-22(23(19)33-25)14-7-9-37-13-14/h4-13H,1-3H3,(H,31,36)(H,32,33)(H,34,35). The van der Waals surface area contributed by atoms with E-state index in [2.05, 4.69) is 30.5 Å². The van der Waals surface area contributed by atoms with E-state index in [1.54, 1.807) is 48.1 Å². The lowest BCUT2D eigenvalue weighted by Gasteiger charge is -2.17. The number of aromatic amines is 2. The predicted molar refractivity (Wildman–Crippen MR) is 144 cm³/mol. The first-order chi connectivity index (χ1) is 17.8. The van der Waals surface area contributed by atoms with Gasteiger partial charge in [0.05, 0.1) is 34.0 Å². The highest BCUT2D eigenvalue weighted by Crippen LogP contribution is 2.35. The molecule has 0 atom stereocenters. The Balaban J connectivity index is 1.44. The van der Waals surface area contributed by atoms with Crippen molar-refractivity contribution in [2.75, 3.05) is 5.32 Å². The number of H-pyrrole nitrogens is 2. The van der Waals surface area contributed by atoms with Gasteiger partial charge < -0.3 is 10.3 Å². The number of pyridine rings is 2. The molecule has 5 heterocycles. The molecule has 3 N–H and O–H groups in total. The molecular weight excluding hydrogens is 489 g/mol. The van der Waals surface area contributed by atoms with E-state index in [9.17, 15) is 4.79 Å². The molecule has 10 heteroatoms. The van der Waals surface area contributed by atoms with Crippen LogP contribution >= 0.6 is 11.3 Å². The number of nitrogens with one attached hydrogen (secondary N) is 3. The van der Waals surface area contributed by atoms with Crippen molar-refractivity contribution in [2.45, 2.75) is 20.8 Å². The number of benzene rings is 1. The van der Waals surface area contributed by atoms with Gasteiger partial charge in [0.15, 0.2) is 5.82 Å². The number of anilines is 1. The average molecular weight is 512 g/mol. The van der Waals surface area contributed by atoms with Gasteiger partial charge in [-0.15, -0.1) is 0 Å². The largest absolute Gasteiger partial charge is 0.336 e. The van der Waals surface area contributed by atoms with Crippen LogP contribution in [0.3, 0.4) is 0 Å². The fourth-order valence-corrected chi connectivity index (χ4v) is 4.74. The summed E-state index contributed by atoms with van der Waals surface area (Å²) in [6.07, 6.45) is 4.83. The van der Waals surface area contributed by atoms with Crippen molar-refractivity contribution in [1.29, 1.82) is 0 Å². The molecule has 184 valence electrons. The first kappa shape index (κ1) is 23.0. The number of rotatable bonds is 4. The molecule has 8 nitrogen and oxygen atoms in total. The Hall–Kier alpha value is -4.44. The molecule has 0 unspecified atom stereocenters. The molecule has 1 aromatic carbocycles. The third kappa shape index (κ3) is 4.05. The number of fused-ring (bicyclic) bond motifs is 2. The summed E-state index contributed by atoms with van der Waals surface area (Å²) in [5, 5.41) is 14.5. The number of imidazole rings is 1. The topological polar surface area (TPSA) is 112 Å². The zero-order valence-corrected chi connectivity index (χ0v) is 21.1. The van der Waals surface area contributed by atoms with Crippen LogP contribution in [0.15, 0.2) is 59.7 Å². The molecular formula is C27H22FN7OS. The summed E-state index contributed by atoms with van der Waals surface area (Å²) in [6.45, 7) is 5.47. The maximum Gasteiger partial charge on any atom is 0.229 e. The molecule has 37 heavy (non-hydrogen) atoms. The van der Waals surface area contributed by atoms with Crippen molar-refractivity contribution in [3.8, 4) is 33.9 Å². The molecule has 5 aromatic heterocycles. The number of carbonyl (C=O) groups is 1. The minimum Gasteiger partial charge on any atom is -0.336 e. The molecule has 6 rings (SSSR count). The van der Waals surface area contributed by atoms with Gasteiger partial charge in [0.1, 0.15) is 17.0 Å². The summed E-state index contributed by atoms with van der Waals surface area (Å²) in [6, 6.07) is 8.97. The van der Waals surface area contributed by atoms with Crippen LogP contribution in [0.25, 0.3) is 55.8 Å². The number of halogens is 1. The second-order valence-corrected chi connectivity index (χ2v) is 10.5. The summed E-state index contributed by atoms with van der Waals surface area (Å²) >= 11 is 1.58. The van der Waals surface area contributed by atoms with Crippen molar-refractivity contribution in [3.63, 3.8) is 0 Å². The lowest BCUT2D eigenvalue weighted by atomic mass is 9.95. The highest BCUT2D eigenvalue weighted by atomic mass is 32.1. The van der Waals surface area contributed by atoms with Crippen LogP contribution in [0, 0.1) is 11.2 Å². The SMILES string of the molecule is CC(C)(C)C(=O)Nc1cncc(-c2ccc3[nH]nc(-c4nc5c(-c6ccsc6)nccc5[nH]4)c3c2F)c1. The van der Waals surface area contributed by atoms with E-state index in [0.29, 0.717) is 44.8 Å². The van der Waals surface area contributed by atoms with Crippen molar-refractivity contribution < 1.29 is 9.18 Å². The molecule has 0 radical (unpaired) electrons. The predicted octanol–water partition coefficient (Wildman–Crippen LogP) is 6.42. The van der Waals surface area contributed by atoms with Crippen LogP contribution in [0.4, 0.5) is 10.1 Å². The van der Waals surface area contributed by atoms with E-state index in [1.165, 1.54) is 0 Å². The zero-order chi connectivity index (χ0) is 25.7. The van der Waals surface area contributed by atoms with E-state index in [1.807, 2.05) is 43.7 Å². The van der Waals surface area contributed by atoms with Crippen molar-refractivity contribution in [3.05, 3.63) is 65.5 Å². The summed E-state index contributed by atoms with van der Waals surface area (Å²) in [5.41, 5.74) is 4.90. The molecule has 0 saturated carbocycles. The van der Waals surface area contributed by atoms with Crippen molar-refractivity contribution in [2.24, 2.45) is 5.41 Å². The monoisotopic (exact) mass is 511 g/mol. The highest BCUT2D eigenvalue weighted by molar-refractivity contribution is 7.08. The van der Waals surface area contributed by atoms with Gasteiger partial charge in [-0.3, -0.25) is 19.9 Å². The van der Waals surface area contributed by atoms with Crippen LogP contribution in [0.5, 0.6) is 0 Å². The number of aromatic nitrogens is 6. The maximum absolute atomic E-state index is 16.0. The van der Waals surface area contributed by atoms with Crippen molar-refractivity contribution >= 4 is 44.9 Å². The van der Waals surface area contributed by atoms with E-state index in [0.717, 1.165) is 16.8 Å². The second kappa shape index (κ2) is 8.59. The Kier molecular flexibility index (Phi) is 5.34. The summed E-state index contributed by atoms with van der Waals surface area (Å²) in [4.78, 5) is 29.2. The van der Waals surface area contributed by atoms with Crippen LogP contribution in [0.1, 0.15) is 20.8 Å². The first-order valence-electron chi connectivity index (χ1n) is 11.6. The summed E-state index contributed by atoms with van der Waals surface area (Å²) in [7, 11) is 0. The molecule has 1 amide bonds. The third-order valence-corrected chi connectivity index (χ3v) is 6.76. The normalized spacial score (nSPS) is 11.9. The van der Waals surface area contributed by atoms with Gasteiger partial charge in [-0.25, -0.2) is 9.37 Å². The number of amides is 1. The third-order valence-electron chi connectivity index (χ3n) is 6.08. The molecule has 0 saturated heterocycles. The Morgan fingerprint density at radius 2 is 1.92 bits per heavy atom. The molecule has 0 aliphatic carbocycles. The van der Waals surface area contributed by atoms with Gasteiger partial charge in [0, 0.05) is 39.9 Å². The Morgan fingerprint density at radius 1 is 1.05 bits per heavy atom. The van der Waals surface area contributed by atoms with Crippen LogP contribution in [-0.4, -0.2) is 36.0 Å². The fraction of sp³-hybridized carbons (Fsp3) is 0.148. The van der Waals surface area contributed by atoms with E-state index in [4.69, 9.17) is 4.98 Å². The first-order valence-corrected chi connectivity index (χ1v) is 12.5. The number of carbonyl (C=O) groups excluding carboxylic acids is 1. The van der Waals surface area contributed by atoms with E-state index < -0.39 is 11.2 Å². The number of nitrogens with zero attached hydrogens (tertiary/aromatic N) is 4. The Labute approximate surface area is 215 Å². The smallest absolute Gasteiger partial charge is 0.229 e.